The maximum absolute atomic E-state index is 2.49. The van der Waals surface area contributed by atoms with E-state index in [-0.39, 0.29) is 10.8 Å². The Morgan fingerprint density at radius 3 is 1.12 bits per heavy atom. The maximum atomic E-state index is 2.49. The molecule has 68 heavy (non-hydrogen) atoms. The third-order valence-corrected chi connectivity index (χ3v) is 17.4. The number of benzene rings is 11. The van der Waals surface area contributed by atoms with Gasteiger partial charge in [0.25, 0.3) is 0 Å². The van der Waals surface area contributed by atoms with E-state index in [4.69, 9.17) is 0 Å². The average molecular weight is 867 g/mol. The lowest BCUT2D eigenvalue weighted by Crippen LogP contribution is -2.20. The summed E-state index contributed by atoms with van der Waals surface area (Å²) in [5, 5.41) is 16.4. The molecule has 0 heteroatoms. The van der Waals surface area contributed by atoms with E-state index >= 15 is 0 Å². The molecule has 4 aliphatic carbocycles. The van der Waals surface area contributed by atoms with Crippen LogP contribution in [-0.2, 0) is 10.8 Å². The fourth-order valence-electron chi connectivity index (χ4n) is 13.8. The Morgan fingerprint density at radius 2 is 0.706 bits per heavy atom. The smallest absolute Gasteiger partial charge is 0.0121 e. The highest BCUT2D eigenvalue weighted by Crippen LogP contribution is 2.56. The summed E-state index contributed by atoms with van der Waals surface area (Å²) in [5.74, 6) is 0.673. The third kappa shape index (κ3) is 5.21. The summed E-state index contributed by atoms with van der Waals surface area (Å²) in [6, 6.07) is 65.2. The Labute approximate surface area is 397 Å². The summed E-state index contributed by atoms with van der Waals surface area (Å²) in [6.45, 7) is 9.80. The van der Waals surface area contributed by atoms with Gasteiger partial charge in [-0.1, -0.05) is 221 Å². The van der Waals surface area contributed by atoms with Crippen molar-refractivity contribution in [2.75, 3.05) is 0 Å². The lowest BCUT2D eigenvalue weighted by molar-refractivity contribution is 0.591. The monoisotopic (exact) mass is 866 g/mol. The van der Waals surface area contributed by atoms with Gasteiger partial charge in [0, 0.05) is 22.7 Å². The van der Waals surface area contributed by atoms with Crippen LogP contribution in [0.25, 0.3) is 98.0 Å². The third-order valence-electron chi connectivity index (χ3n) is 17.4. The molecule has 0 amide bonds. The van der Waals surface area contributed by atoms with Crippen molar-refractivity contribution in [2.45, 2.75) is 63.2 Å². The first-order valence-electron chi connectivity index (χ1n) is 24.8. The van der Waals surface area contributed by atoms with Crippen molar-refractivity contribution in [3.63, 3.8) is 0 Å². The van der Waals surface area contributed by atoms with Crippen LogP contribution in [0.2, 0.25) is 0 Å². The molecule has 0 spiro atoms. The van der Waals surface area contributed by atoms with E-state index in [1.807, 2.05) is 0 Å². The average Bonchev–Trinajstić information content (AvgIpc) is 3.75. The molecule has 2 atom stereocenters. The van der Waals surface area contributed by atoms with Crippen molar-refractivity contribution < 1.29 is 0 Å². The summed E-state index contributed by atoms with van der Waals surface area (Å²) in [6.07, 6.45) is 11.9. The highest BCUT2D eigenvalue weighted by molar-refractivity contribution is 6.25. The van der Waals surface area contributed by atoms with Gasteiger partial charge in [0.05, 0.1) is 0 Å². The fraction of sp³-hybridized carbons (Fsp3) is 0.147. The predicted octanol–water partition coefficient (Wildman–Crippen LogP) is 18.4. The molecule has 0 nitrogen and oxygen atoms in total. The van der Waals surface area contributed by atoms with E-state index in [0.717, 1.165) is 12.8 Å². The molecule has 2 unspecified atom stereocenters. The normalized spacial score (nSPS) is 19.1. The number of fused-ring (bicyclic) bond motifs is 4. The largest absolute Gasteiger partial charge is 0.0760 e. The topological polar surface area (TPSA) is 0 Å². The zero-order valence-electron chi connectivity index (χ0n) is 39.0. The number of rotatable bonds is 4. The first-order valence-corrected chi connectivity index (χ1v) is 24.8. The van der Waals surface area contributed by atoms with Crippen LogP contribution in [0.4, 0.5) is 0 Å². The van der Waals surface area contributed by atoms with E-state index in [0.29, 0.717) is 11.8 Å². The van der Waals surface area contributed by atoms with Crippen LogP contribution in [-0.4, -0.2) is 0 Å². The van der Waals surface area contributed by atoms with Crippen LogP contribution in [0.5, 0.6) is 0 Å². The lowest BCUT2D eigenvalue weighted by Gasteiger charge is -2.30. The second-order valence-corrected chi connectivity index (χ2v) is 21.5. The Kier molecular flexibility index (Phi) is 7.68. The van der Waals surface area contributed by atoms with E-state index in [1.165, 1.54) is 131 Å². The molecular formula is C68H50. The van der Waals surface area contributed by atoms with Gasteiger partial charge in [-0.05, 0) is 156 Å². The fourth-order valence-corrected chi connectivity index (χ4v) is 13.8. The predicted molar refractivity (Wildman–Crippen MR) is 290 cm³/mol. The van der Waals surface area contributed by atoms with Crippen molar-refractivity contribution in [1.29, 1.82) is 0 Å². The molecule has 15 rings (SSSR count). The van der Waals surface area contributed by atoms with Crippen molar-refractivity contribution >= 4 is 75.8 Å². The molecule has 322 valence electrons. The lowest BCUT2D eigenvalue weighted by atomic mass is 9.74. The highest BCUT2D eigenvalue weighted by Gasteiger charge is 2.41. The SMILES string of the molecule is CC1(C)C2=C(C=CC(c3ccc4ccc5cccc6ccc3c4c56)C2)c2ccc(-c3ccc(-c4ccc5c(c4)C(C)(C)C4=C5C=CC(c5ccc6ccc7cccc8ccc5c6c78)C4)cc3)cc21. The van der Waals surface area contributed by atoms with E-state index in [9.17, 15) is 0 Å². The van der Waals surface area contributed by atoms with Crippen LogP contribution in [0.1, 0.15) is 85.8 Å². The summed E-state index contributed by atoms with van der Waals surface area (Å²) in [5.41, 5.74) is 19.5. The minimum atomic E-state index is -0.0605. The van der Waals surface area contributed by atoms with Gasteiger partial charge in [0.15, 0.2) is 0 Å². The van der Waals surface area contributed by atoms with Crippen molar-refractivity contribution in [3.8, 4) is 22.3 Å². The van der Waals surface area contributed by atoms with Crippen LogP contribution in [0.3, 0.4) is 0 Å². The summed E-state index contributed by atoms with van der Waals surface area (Å²) < 4.78 is 0. The molecule has 0 fully saturated rings. The number of allylic oxidation sites excluding steroid dienone is 8. The second-order valence-electron chi connectivity index (χ2n) is 21.5. The summed E-state index contributed by atoms with van der Waals surface area (Å²) in [4.78, 5) is 0. The Hall–Kier alpha value is -7.54. The van der Waals surface area contributed by atoms with Crippen LogP contribution in [0, 0.1) is 0 Å². The van der Waals surface area contributed by atoms with Gasteiger partial charge in [-0.3, -0.25) is 0 Å². The number of hydrogen-bond acceptors (Lipinski definition) is 0. The first-order chi connectivity index (χ1) is 33.2. The first kappa shape index (κ1) is 38.6. The van der Waals surface area contributed by atoms with Crippen LogP contribution < -0.4 is 0 Å². The van der Waals surface area contributed by atoms with Crippen molar-refractivity contribution in [2.24, 2.45) is 0 Å². The minimum Gasteiger partial charge on any atom is -0.0760 e. The Balaban J connectivity index is 0.694. The highest BCUT2D eigenvalue weighted by atomic mass is 14.4. The van der Waals surface area contributed by atoms with Gasteiger partial charge in [-0.25, -0.2) is 0 Å². The van der Waals surface area contributed by atoms with Gasteiger partial charge in [-0.2, -0.15) is 0 Å². The van der Waals surface area contributed by atoms with Gasteiger partial charge < -0.3 is 0 Å². The summed E-state index contributed by atoms with van der Waals surface area (Å²) >= 11 is 0. The molecule has 0 aliphatic heterocycles. The van der Waals surface area contributed by atoms with Gasteiger partial charge in [-0.15, -0.1) is 0 Å². The van der Waals surface area contributed by atoms with E-state index in [2.05, 4.69) is 222 Å². The molecule has 4 aliphatic rings. The van der Waals surface area contributed by atoms with Crippen LogP contribution >= 0.6 is 0 Å². The molecule has 0 heterocycles. The van der Waals surface area contributed by atoms with Crippen LogP contribution in [0.15, 0.2) is 205 Å². The zero-order valence-corrected chi connectivity index (χ0v) is 39.0. The van der Waals surface area contributed by atoms with E-state index < -0.39 is 0 Å². The molecule has 0 radical (unpaired) electrons. The van der Waals surface area contributed by atoms with Crippen molar-refractivity contribution in [1.82, 2.24) is 0 Å². The van der Waals surface area contributed by atoms with Crippen molar-refractivity contribution in [3.05, 3.63) is 239 Å². The molecule has 0 saturated carbocycles. The molecule has 0 saturated heterocycles. The van der Waals surface area contributed by atoms with Gasteiger partial charge >= 0.3 is 0 Å². The molecule has 0 N–H and O–H groups in total. The standard InChI is InChI=1S/C68H50/c1-67(2)59-35-47(23-29-53(59)55-31-25-49(37-61(55)67)51-27-19-45-17-15-41-7-5-9-43-21-33-57(51)65(45)63(41)43)39-11-13-40(14-12-39)48-24-30-54-56-32-26-50(38-62(56)68(3,4)60(54)36-48)52-28-20-46-18-16-42-8-6-10-44-22-34-58(52)66(46)64(42)44/h5-36,49-50H,37-38H2,1-4H3. The molecule has 11 aromatic carbocycles. The Bertz CT molecular complexity index is 3820. The molecule has 11 aromatic rings. The molecule has 0 bridgehead atoms. The zero-order chi connectivity index (χ0) is 45.2. The second kappa shape index (κ2) is 13.6. The maximum Gasteiger partial charge on any atom is 0.0121 e. The van der Waals surface area contributed by atoms with Gasteiger partial charge in [0.1, 0.15) is 0 Å². The quantitative estimate of drug-likeness (QED) is 0.155. The van der Waals surface area contributed by atoms with E-state index in [1.54, 1.807) is 11.1 Å². The van der Waals surface area contributed by atoms with Gasteiger partial charge in [0.2, 0.25) is 0 Å². The minimum absolute atomic E-state index is 0.0605. The Morgan fingerprint density at radius 1 is 0.353 bits per heavy atom. The summed E-state index contributed by atoms with van der Waals surface area (Å²) in [7, 11) is 0. The molecular weight excluding hydrogens is 817 g/mol. The number of hydrogen-bond donors (Lipinski definition) is 0. The molecule has 0 aromatic heterocycles.